The number of nitrogens with zero attached hydrogens (tertiary/aromatic N) is 3. The molecule has 3 aromatic rings. The maximum atomic E-state index is 13.2. The Balaban J connectivity index is 1.33. The van der Waals surface area contributed by atoms with Crippen LogP contribution in [-0.4, -0.2) is 46.6 Å². The summed E-state index contributed by atoms with van der Waals surface area (Å²) >= 11 is 0. The van der Waals surface area contributed by atoms with Crippen molar-refractivity contribution in [3.63, 3.8) is 0 Å². The van der Waals surface area contributed by atoms with Gasteiger partial charge in [0.25, 0.3) is 11.5 Å². The molecule has 9 nitrogen and oxygen atoms in total. The van der Waals surface area contributed by atoms with E-state index in [9.17, 15) is 14.4 Å². The van der Waals surface area contributed by atoms with Crippen LogP contribution in [0.15, 0.2) is 65.6 Å². The molecule has 1 saturated heterocycles. The van der Waals surface area contributed by atoms with E-state index < -0.39 is 6.03 Å². The molecule has 9 heteroatoms. The van der Waals surface area contributed by atoms with Crippen molar-refractivity contribution in [3.8, 4) is 5.75 Å². The fourth-order valence-corrected chi connectivity index (χ4v) is 4.88. The molecular weight excluding hydrogens is 434 g/mol. The maximum absolute atomic E-state index is 13.2. The third kappa shape index (κ3) is 4.12. The van der Waals surface area contributed by atoms with Crippen LogP contribution >= 0.6 is 0 Å². The molecule has 5 rings (SSSR count). The van der Waals surface area contributed by atoms with Gasteiger partial charge in [0.2, 0.25) is 0 Å². The molecule has 1 aromatic carbocycles. The lowest BCUT2D eigenvalue weighted by atomic mass is 9.83. The molecule has 2 bridgehead atoms. The first-order chi connectivity index (χ1) is 16.5. The van der Waals surface area contributed by atoms with Crippen LogP contribution in [-0.2, 0) is 6.54 Å². The number of nitrogens with one attached hydrogen (secondary N) is 2. The van der Waals surface area contributed by atoms with E-state index in [1.54, 1.807) is 59.3 Å². The highest BCUT2D eigenvalue weighted by Gasteiger charge is 2.37. The van der Waals surface area contributed by atoms with Crippen molar-refractivity contribution < 1.29 is 14.3 Å². The Morgan fingerprint density at radius 1 is 0.971 bits per heavy atom. The summed E-state index contributed by atoms with van der Waals surface area (Å²) in [6.45, 7) is 1.61. The summed E-state index contributed by atoms with van der Waals surface area (Å²) in [5, 5.41) is 5.38. The fourth-order valence-electron chi connectivity index (χ4n) is 4.88. The standard InChI is InChI=1S/C25H25N5O4/c1-34-22-8-3-2-6-18(22)27-25(33)28-20-9-10-21-17-12-16(14-30(21)24(20)32)13-29(15-17)23(31)19-7-4-5-11-26-19/h2-11,16-17H,12-15H2,1H3,(H2,27,28,33)/t16-,17+/m1/s1. The number of aromatic nitrogens is 2. The highest BCUT2D eigenvalue weighted by molar-refractivity contribution is 6.00. The molecule has 3 amide bonds. The zero-order valence-electron chi connectivity index (χ0n) is 18.7. The Bertz CT molecular complexity index is 1290. The van der Waals surface area contributed by atoms with E-state index in [0.29, 0.717) is 36.8 Å². The number of hydrogen-bond acceptors (Lipinski definition) is 5. The van der Waals surface area contributed by atoms with Crippen molar-refractivity contribution in [1.29, 1.82) is 0 Å². The van der Waals surface area contributed by atoms with Crippen LogP contribution in [0.2, 0.25) is 0 Å². The van der Waals surface area contributed by atoms with Gasteiger partial charge in [-0.15, -0.1) is 0 Å². The second kappa shape index (κ2) is 9.01. The molecule has 0 radical (unpaired) electrons. The van der Waals surface area contributed by atoms with Crippen molar-refractivity contribution in [2.45, 2.75) is 18.9 Å². The highest BCUT2D eigenvalue weighted by Crippen LogP contribution is 2.36. The van der Waals surface area contributed by atoms with E-state index >= 15 is 0 Å². The number of hydrogen-bond donors (Lipinski definition) is 2. The summed E-state index contributed by atoms with van der Waals surface area (Å²) in [4.78, 5) is 44.7. The zero-order chi connectivity index (χ0) is 23.7. The molecule has 0 saturated carbocycles. The predicted molar refractivity (Wildman–Crippen MR) is 127 cm³/mol. The minimum atomic E-state index is -0.523. The molecule has 0 spiro atoms. The molecule has 1 fully saturated rings. The monoisotopic (exact) mass is 459 g/mol. The second-order valence-electron chi connectivity index (χ2n) is 8.59. The number of rotatable bonds is 4. The van der Waals surface area contributed by atoms with Gasteiger partial charge in [-0.05, 0) is 48.7 Å². The first kappa shape index (κ1) is 21.7. The molecule has 4 heterocycles. The van der Waals surface area contributed by atoms with Gasteiger partial charge in [0.05, 0.1) is 12.8 Å². The fraction of sp³-hybridized carbons (Fsp3) is 0.280. The van der Waals surface area contributed by atoms with Crippen molar-refractivity contribution >= 4 is 23.3 Å². The number of methoxy groups -OCH3 is 1. The third-order valence-electron chi connectivity index (χ3n) is 6.38. The molecule has 34 heavy (non-hydrogen) atoms. The topological polar surface area (TPSA) is 106 Å². The van der Waals surface area contributed by atoms with E-state index in [0.717, 1.165) is 12.1 Å². The van der Waals surface area contributed by atoms with Gasteiger partial charge in [0.15, 0.2) is 0 Å². The predicted octanol–water partition coefficient (Wildman–Crippen LogP) is 3.16. The Morgan fingerprint density at radius 3 is 2.56 bits per heavy atom. The Labute approximate surface area is 196 Å². The zero-order valence-corrected chi connectivity index (χ0v) is 18.7. The molecule has 2 N–H and O–H groups in total. The van der Waals surface area contributed by atoms with Crippen LogP contribution in [0.1, 0.15) is 28.5 Å². The number of amides is 3. The van der Waals surface area contributed by atoms with Crippen molar-refractivity contribution in [2.75, 3.05) is 30.8 Å². The van der Waals surface area contributed by atoms with Crippen molar-refractivity contribution in [3.05, 3.63) is 82.5 Å². The lowest BCUT2D eigenvalue weighted by Gasteiger charge is -2.42. The lowest BCUT2D eigenvalue weighted by molar-refractivity contribution is 0.0589. The first-order valence-electron chi connectivity index (χ1n) is 11.2. The van der Waals surface area contributed by atoms with Gasteiger partial charge in [-0.1, -0.05) is 18.2 Å². The Hall–Kier alpha value is -4.14. The van der Waals surface area contributed by atoms with Gasteiger partial charge in [0.1, 0.15) is 17.1 Å². The smallest absolute Gasteiger partial charge is 0.323 e. The van der Waals surface area contributed by atoms with Gasteiger partial charge in [-0.3, -0.25) is 14.6 Å². The molecule has 2 atom stereocenters. The van der Waals surface area contributed by atoms with Gasteiger partial charge in [-0.2, -0.15) is 0 Å². The SMILES string of the molecule is COc1ccccc1NC(=O)Nc1ccc2n(c1=O)C[C@@H]1C[C@H]2CN(C(=O)c2ccccn2)C1. The molecule has 2 aromatic heterocycles. The maximum Gasteiger partial charge on any atom is 0.323 e. The molecule has 0 aliphatic carbocycles. The van der Waals surface area contributed by atoms with Crippen LogP contribution in [0.4, 0.5) is 16.2 Å². The number of pyridine rings is 2. The number of benzene rings is 1. The number of likely N-dealkylation sites (tertiary alicyclic amines) is 1. The quantitative estimate of drug-likeness (QED) is 0.624. The number of piperidine rings is 1. The summed E-state index contributed by atoms with van der Waals surface area (Å²) in [5.74, 6) is 0.661. The minimum Gasteiger partial charge on any atom is -0.495 e. The van der Waals surface area contributed by atoms with Gasteiger partial charge in [-0.25, -0.2) is 4.79 Å². The van der Waals surface area contributed by atoms with E-state index in [-0.39, 0.29) is 29.0 Å². The number of fused-ring (bicyclic) bond motifs is 4. The van der Waals surface area contributed by atoms with Gasteiger partial charge < -0.3 is 24.8 Å². The number of carbonyl (C=O) groups is 2. The van der Waals surface area contributed by atoms with Crippen LogP contribution in [0.3, 0.4) is 0 Å². The van der Waals surface area contributed by atoms with Gasteiger partial charge >= 0.3 is 6.03 Å². The third-order valence-corrected chi connectivity index (χ3v) is 6.38. The van der Waals surface area contributed by atoms with Gasteiger partial charge in [0, 0.05) is 37.4 Å². The number of ether oxygens (including phenoxy) is 1. The van der Waals surface area contributed by atoms with Crippen molar-refractivity contribution in [2.24, 2.45) is 5.92 Å². The normalized spacial score (nSPS) is 18.6. The average Bonchev–Trinajstić information content (AvgIpc) is 2.86. The van der Waals surface area contributed by atoms with E-state index in [4.69, 9.17) is 4.74 Å². The lowest BCUT2D eigenvalue weighted by Crippen LogP contribution is -2.49. The molecule has 2 aliphatic rings. The van der Waals surface area contributed by atoms with E-state index in [1.807, 2.05) is 11.0 Å². The average molecular weight is 460 g/mol. The second-order valence-corrected chi connectivity index (χ2v) is 8.59. The Morgan fingerprint density at radius 2 is 1.76 bits per heavy atom. The molecule has 0 unspecified atom stereocenters. The van der Waals surface area contributed by atoms with Crippen LogP contribution in [0.5, 0.6) is 5.75 Å². The minimum absolute atomic E-state index is 0.0596. The number of para-hydroxylation sites is 2. The summed E-state index contributed by atoms with van der Waals surface area (Å²) in [7, 11) is 1.52. The summed E-state index contributed by atoms with van der Waals surface area (Å²) in [6, 6.07) is 15.3. The molecule has 2 aliphatic heterocycles. The molecule has 174 valence electrons. The summed E-state index contributed by atoms with van der Waals surface area (Å²) in [5.41, 5.74) is 1.79. The van der Waals surface area contributed by atoms with E-state index in [2.05, 4.69) is 15.6 Å². The van der Waals surface area contributed by atoms with Crippen LogP contribution < -0.4 is 20.9 Å². The first-order valence-corrected chi connectivity index (χ1v) is 11.2. The van der Waals surface area contributed by atoms with Crippen LogP contribution in [0, 0.1) is 5.92 Å². The van der Waals surface area contributed by atoms with Crippen LogP contribution in [0.25, 0.3) is 0 Å². The number of anilines is 2. The van der Waals surface area contributed by atoms with E-state index in [1.165, 1.54) is 7.11 Å². The summed E-state index contributed by atoms with van der Waals surface area (Å²) in [6.07, 6.45) is 2.54. The molecular formula is C25H25N5O4. The van der Waals surface area contributed by atoms with Crippen molar-refractivity contribution in [1.82, 2.24) is 14.5 Å². The highest BCUT2D eigenvalue weighted by atomic mass is 16.5. The number of urea groups is 1. The summed E-state index contributed by atoms with van der Waals surface area (Å²) < 4.78 is 6.99. The largest absolute Gasteiger partial charge is 0.495 e. The Kier molecular flexibility index (Phi) is 5.75. The number of carbonyl (C=O) groups excluding carboxylic acids is 2.